The van der Waals surface area contributed by atoms with Gasteiger partial charge in [0, 0.05) is 49.8 Å². The van der Waals surface area contributed by atoms with Gasteiger partial charge in [0.1, 0.15) is 12.0 Å². The van der Waals surface area contributed by atoms with Crippen LogP contribution in [0.3, 0.4) is 0 Å². The van der Waals surface area contributed by atoms with Gasteiger partial charge in [0.25, 0.3) is 5.91 Å². The van der Waals surface area contributed by atoms with E-state index in [-0.39, 0.29) is 46.0 Å². The number of hydrogen-bond donors (Lipinski definition) is 3. The van der Waals surface area contributed by atoms with E-state index in [2.05, 4.69) is 30.3 Å². The van der Waals surface area contributed by atoms with Crippen molar-refractivity contribution in [1.82, 2.24) is 29.7 Å². The summed E-state index contributed by atoms with van der Waals surface area (Å²) in [4.78, 5) is 22.9. The molecule has 1 aliphatic heterocycles. The van der Waals surface area contributed by atoms with Crippen molar-refractivity contribution >= 4 is 23.1 Å². The summed E-state index contributed by atoms with van der Waals surface area (Å²) in [6.07, 6.45) is 0.332. The molecule has 0 saturated carbocycles. The largest absolute Gasteiger partial charge is 0.507 e. The molecule has 4 heterocycles. The van der Waals surface area contributed by atoms with Gasteiger partial charge in [-0.15, -0.1) is 0 Å². The number of rotatable bonds is 4. The summed E-state index contributed by atoms with van der Waals surface area (Å²) in [5.74, 6) is -0.241. The molecular weight excluding hydrogens is 467 g/mol. The van der Waals surface area contributed by atoms with E-state index in [9.17, 15) is 23.1 Å². The number of fused-ring (bicyclic) bond motifs is 1. The molecule has 13 heteroatoms. The highest BCUT2D eigenvalue weighted by atomic mass is 19.4. The second-order valence-electron chi connectivity index (χ2n) is 8.15. The number of piperazine rings is 1. The predicted molar refractivity (Wildman–Crippen MR) is 118 cm³/mol. The van der Waals surface area contributed by atoms with Crippen LogP contribution in [0.2, 0.25) is 0 Å². The second-order valence-corrected chi connectivity index (χ2v) is 8.15. The number of imidazole rings is 1. The zero-order valence-electron chi connectivity index (χ0n) is 18.4. The number of amides is 1. The maximum Gasteiger partial charge on any atom is 0.437 e. The van der Waals surface area contributed by atoms with E-state index in [0.717, 1.165) is 6.26 Å². The van der Waals surface area contributed by atoms with Crippen molar-refractivity contribution < 1.29 is 27.6 Å². The number of alkyl halides is 3. The number of benzene rings is 1. The van der Waals surface area contributed by atoms with Crippen molar-refractivity contribution in [2.45, 2.75) is 19.1 Å². The summed E-state index contributed by atoms with van der Waals surface area (Å²) in [5.41, 5.74) is -0.469. The Morgan fingerprint density at radius 1 is 1.31 bits per heavy atom. The van der Waals surface area contributed by atoms with Crippen molar-refractivity contribution in [3.05, 3.63) is 54.3 Å². The molecule has 0 spiro atoms. The zero-order valence-corrected chi connectivity index (χ0v) is 18.4. The number of phenols is 1. The minimum atomic E-state index is -4.69. The van der Waals surface area contributed by atoms with E-state index in [4.69, 9.17) is 0 Å². The van der Waals surface area contributed by atoms with Gasteiger partial charge in [-0.25, -0.2) is 9.97 Å². The first-order chi connectivity index (χ1) is 16.7. The lowest BCUT2D eigenvalue weighted by Crippen LogP contribution is -2.51. The summed E-state index contributed by atoms with van der Waals surface area (Å²) >= 11 is 0. The Labute approximate surface area is 196 Å². The molecule has 1 atom stereocenters. The lowest BCUT2D eigenvalue weighted by atomic mass is 10.1. The molecule has 0 aliphatic carbocycles. The number of nitrogens with one attached hydrogen (secondary N) is 2. The molecule has 1 saturated heterocycles. The molecule has 35 heavy (non-hydrogen) atoms. The van der Waals surface area contributed by atoms with E-state index >= 15 is 0 Å². The Morgan fingerprint density at radius 2 is 2.14 bits per heavy atom. The van der Waals surface area contributed by atoms with Gasteiger partial charge in [-0.2, -0.15) is 13.2 Å². The molecule has 0 bridgehead atoms. The molecule has 182 valence electrons. The van der Waals surface area contributed by atoms with Crippen molar-refractivity contribution in [1.29, 1.82) is 0 Å². The first-order valence-electron chi connectivity index (χ1n) is 10.7. The highest BCUT2D eigenvalue weighted by Crippen LogP contribution is 2.37. The minimum Gasteiger partial charge on any atom is -0.507 e. The van der Waals surface area contributed by atoms with Crippen LogP contribution in [0.15, 0.2) is 47.6 Å². The number of phenolic OH excluding ortho intramolecular Hbond substituents is 1. The van der Waals surface area contributed by atoms with Crippen molar-refractivity contribution in [2.75, 3.05) is 25.0 Å². The molecule has 1 fully saturated rings. The van der Waals surface area contributed by atoms with Gasteiger partial charge in [-0.3, -0.25) is 9.20 Å². The standard InChI is InChI=1S/C22H20F3N7O3/c1-12-10-31(6-4-26-12)21(34)14-3-2-13(8-17(14)33)29-19-20-28-9-16(32(20)7-5-27-19)15-11-35-30-18(15)22(23,24)25/h2-3,5,7-9,11-12,26,33H,4,6,10H2,1H3,(H,27,29)/t12-/m1/s1. The predicted octanol–water partition coefficient (Wildman–Crippen LogP) is 3.29. The van der Waals surface area contributed by atoms with E-state index in [1.54, 1.807) is 11.0 Å². The van der Waals surface area contributed by atoms with Gasteiger partial charge in [-0.1, -0.05) is 5.16 Å². The molecule has 4 aromatic rings. The van der Waals surface area contributed by atoms with Crippen LogP contribution in [0.4, 0.5) is 24.7 Å². The van der Waals surface area contributed by atoms with Gasteiger partial charge in [0.05, 0.1) is 23.0 Å². The van der Waals surface area contributed by atoms with Crippen LogP contribution in [0.5, 0.6) is 5.75 Å². The first kappa shape index (κ1) is 22.7. The number of carbonyl (C=O) groups is 1. The molecule has 1 aromatic carbocycles. The molecule has 10 nitrogen and oxygen atoms in total. The van der Waals surface area contributed by atoms with Gasteiger partial charge in [0.15, 0.2) is 17.2 Å². The topological polar surface area (TPSA) is 121 Å². The molecular formula is C22H20F3N7O3. The number of nitrogens with zero attached hydrogens (tertiary/aromatic N) is 5. The van der Waals surface area contributed by atoms with Crippen LogP contribution in [0, 0.1) is 0 Å². The Bertz CT molecular complexity index is 1400. The van der Waals surface area contributed by atoms with Gasteiger partial charge < -0.3 is 25.2 Å². The van der Waals surface area contributed by atoms with Crippen LogP contribution in [0.1, 0.15) is 23.0 Å². The Hall–Kier alpha value is -4.13. The van der Waals surface area contributed by atoms with Crippen LogP contribution >= 0.6 is 0 Å². The summed E-state index contributed by atoms with van der Waals surface area (Å²) in [7, 11) is 0. The van der Waals surface area contributed by atoms with Crippen molar-refractivity contribution in [3.63, 3.8) is 0 Å². The third-order valence-electron chi connectivity index (χ3n) is 5.69. The average molecular weight is 487 g/mol. The van der Waals surface area contributed by atoms with Crippen LogP contribution < -0.4 is 10.6 Å². The Morgan fingerprint density at radius 3 is 2.89 bits per heavy atom. The molecule has 1 aliphatic rings. The van der Waals surface area contributed by atoms with Crippen LogP contribution in [0.25, 0.3) is 16.9 Å². The zero-order chi connectivity index (χ0) is 24.7. The van der Waals surface area contributed by atoms with Crippen molar-refractivity contribution in [3.8, 4) is 17.0 Å². The van der Waals surface area contributed by atoms with E-state index < -0.39 is 11.9 Å². The third kappa shape index (κ3) is 4.25. The number of hydrogen-bond acceptors (Lipinski definition) is 8. The number of aromatic hydroxyl groups is 1. The minimum absolute atomic E-state index is 0.119. The fourth-order valence-electron chi connectivity index (χ4n) is 4.04. The maximum absolute atomic E-state index is 13.3. The smallest absolute Gasteiger partial charge is 0.437 e. The van der Waals surface area contributed by atoms with Crippen LogP contribution in [-0.4, -0.2) is 61.1 Å². The Kier molecular flexibility index (Phi) is 5.55. The molecule has 1 amide bonds. The van der Waals surface area contributed by atoms with Crippen molar-refractivity contribution in [2.24, 2.45) is 0 Å². The second kappa shape index (κ2) is 8.58. The fraction of sp³-hybridized carbons (Fsp3) is 0.273. The summed E-state index contributed by atoms with van der Waals surface area (Å²) in [6, 6.07) is 4.66. The first-order valence-corrected chi connectivity index (χ1v) is 10.7. The normalized spacial score (nSPS) is 16.6. The van der Waals surface area contributed by atoms with E-state index in [1.807, 2.05) is 6.92 Å². The molecule has 3 aromatic heterocycles. The molecule has 5 rings (SSSR count). The molecule has 0 radical (unpaired) electrons. The van der Waals surface area contributed by atoms with Gasteiger partial charge in [0.2, 0.25) is 0 Å². The Balaban J connectivity index is 1.42. The fourth-order valence-corrected chi connectivity index (χ4v) is 4.04. The SMILES string of the molecule is C[C@@H]1CN(C(=O)c2ccc(Nc3nccn4c(-c5conc5C(F)(F)F)cnc34)cc2O)CCN1. The lowest BCUT2D eigenvalue weighted by molar-refractivity contribution is -0.142. The van der Waals surface area contributed by atoms with Crippen LogP contribution in [-0.2, 0) is 6.18 Å². The molecule has 3 N–H and O–H groups in total. The number of halogens is 3. The quantitative estimate of drug-likeness (QED) is 0.401. The highest BCUT2D eigenvalue weighted by Gasteiger charge is 2.38. The van der Waals surface area contributed by atoms with Gasteiger partial charge >= 0.3 is 6.18 Å². The monoisotopic (exact) mass is 487 g/mol. The van der Waals surface area contributed by atoms with Gasteiger partial charge in [-0.05, 0) is 19.1 Å². The maximum atomic E-state index is 13.3. The van der Waals surface area contributed by atoms with E-state index in [1.165, 1.54) is 35.1 Å². The molecule has 0 unspecified atom stereocenters. The van der Waals surface area contributed by atoms with E-state index in [0.29, 0.717) is 25.3 Å². The summed E-state index contributed by atoms with van der Waals surface area (Å²) < 4.78 is 45.8. The lowest BCUT2D eigenvalue weighted by Gasteiger charge is -2.32. The number of anilines is 2. The summed E-state index contributed by atoms with van der Waals surface area (Å²) in [6.45, 7) is 3.73. The summed E-state index contributed by atoms with van der Waals surface area (Å²) in [5, 5.41) is 19.8. The highest BCUT2D eigenvalue weighted by molar-refractivity contribution is 5.97. The average Bonchev–Trinajstić information content (AvgIpc) is 3.46. The number of aromatic nitrogens is 4. The number of carbonyl (C=O) groups excluding carboxylic acids is 1. The third-order valence-corrected chi connectivity index (χ3v) is 5.69.